The van der Waals surface area contributed by atoms with Crippen molar-refractivity contribution < 1.29 is 19.1 Å². The first kappa shape index (κ1) is 26.4. The Balaban J connectivity index is 1.93. The molecule has 0 amide bonds. The van der Waals surface area contributed by atoms with Gasteiger partial charge in [0, 0.05) is 25.1 Å². The number of ether oxygens (including phenoxy) is 2. The lowest BCUT2D eigenvalue weighted by molar-refractivity contribution is -0.160. The van der Waals surface area contributed by atoms with Crippen molar-refractivity contribution >= 4 is 11.9 Å². The molecule has 0 spiro atoms. The Bertz CT molecular complexity index is 734. The van der Waals surface area contributed by atoms with Gasteiger partial charge in [-0.2, -0.15) is 0 Å². The lowest BCUT2D eigenvalue weighted by Gasteiger charge is -2.27. The van der Waals surface area contributed by atoms with E-state index < -0.39 is 11.2 Å². The van der Waals surface area contributed by atoms with Gasteiger partial charge in [0.1, 0.15) is 11.2 Å². The molecule has 1 unspecified atom stereocenters. The zero-order valence-electron chi connectivity index (χ0n) is 21.3. The molecule has 0 radical (unpaired) electrons. The van der Waals surface area contributed by atoms with Crippen LogP contribution >= 0.6 is 0 Å². The van der Waals surface area contributed by atoms with Crippen molar-refractivity contribution in [3.05, 3.63) is 18.2 Å². The van der Waals surface area contributed by atoms with Crippen molar-refractivity contribution in [1.82, 2.24) is 9.55 Å². The van der Waals surface area contributed by atoms with Gasteiger partial charge in [0.25, 0.3) is 0 Å². The molecule has 1 aromatic heterocycles. The molecule has 1 atom stereocenters. The number of carbonyl (C=O) groups is 2. The monoisotopic (exact) mass is 448 g/mol. The van der Waals surface area contributed by atoms with Gasteiger partial charge in [-0.05, 0) is 86.0 Å². The molecule has 1 heterocycles. The van der Waals surface area contributed by atoms with E-state index in [1.807, 2.05) is 47.9 Å². The summed E-state index contributed by atoms with van der Waals surface area (Å²) in [6, 6.07) is 0.515. The summed E-state index contributed by atoms with van der Waals surface area (Å²) < 4.78 is 13.3. The molecule has 0 saturated heterocycles. The van der Waals surface area contributed by atoms with Gasteiger partial charge in [0.2, 0.25) is 0 Å². The summed E-state index contributed by atoms with van der Waals surface area (Å²) >= 11 is 0. The molecule has 2 rings (SSSR count). The van der Waals surface area contributed by atoms with Crippen molar-refractivity contribution in [2.75, 3.05) is 0 Å². The fraction of sp³-hybridized carbons (Fsp3) is 0.808. The minimum Gasteiger partial charge on any atom is -0.460 e. The molecule has 0 bridgehead atoms. The van der Waals surface area contributed by atoms with Crippen LogP contribution in [0.15, 0.2) is 12.5 Å². The number of aromatic nitrogens is 2. The summed E-state index contributed by atoms with van der Waals surface area (Å²) in [5.41, 5.74) is -0.0541. The van der Waals surface area contributed by atoms with Gasteiger partial charge in [0.15, 0.2) is 0 Å². The number of imidazole rings is 1. The molecule has 1 aliphatic rings. The van der Waals surface area contributed by atoms with Crippen LogP contribution in [0.1, 0.15) is 112 Å². The van der Waals surface area contributed by atoms with Crippen LogP contribution in [0.2, 0.25) is 0 Å². The van der Waals surface area contributed by atoms with Crippen molar-refractivity contribution in [1.29, 1.82) is 0 Å². The number of hydrogen-bond acceptors (Lipinski definition) is 5. The molecular formula is C26H44N2O4. The average molecular weight is 449 g/mol. The van der Waals surface area contributed by atoms with Crippen molar-refractivity contribution in [3.63, 3.8) is 0 Å². The zero-order chi connectivity index (χ0) is 23.9. The molecule has 6 nitrogen and oxygen atoms in total. The van der Waals surface area contributed by atoms with Gasteiger partial charge in [-0.15, -0.1) is 0 Å². The standard InChI is InChI=1S/C26H44N2O4/c1-19-12-14-22(15-13-19)28-17-21(27-18-28)16-20(24(30)32-26(5,6)7)10-8-9-11-23(29)31-25(2,3)4/h17-20,22H,8-16H2,1-7H3. The molecule has 1 aliphatic carbocycles. The molecule has 1 aromatic rings. The van der Waals surface area contributed by atoms with E-state index in [-0.39, 0.29) is 17.9 Å². The van der Waals surface area contributed by atoms with Gasteiger partial charge >= 0.3 is 11.9 Å². The van der Waals surface area contributed by atoms with Gasteiger partial charge in [-0.3, -0.25) is 9.59 Å². The van der Waals surface area contributed by atoms with Gasteiger partial charge in [-0.25, -0.2) is 4.98 Å². The predicted octanol–water partition coefficient (Wildman–Crippen LogP) is 6.04. The third kappa shape index (κ3) is 9.74. The second-order valence-corrected chi connectivity index (χ2v) is 11.5. The number of rotatable bonds is 9. The van der Waals surface area contributed by atoms with Crippen LogP contribution in [0, 0.1) is 11.8 Å². The van der Waals surface area contributed by atoms with Crippen LogP contribution in [0.4, 0.5) is 0 Å². The Hall–Kier alpha value is -1.85. The van der Waals surface area contributed by atoms with Crippen LogP contribution < -0.4 is 0 Å². The molecule has 32 heavy (non-hydrogen) atoms. The Morgan fingerprint density at radius 3 is 2.25 bits per heavy atom. The minimum atomic E-state index is -0.524. The second-order valence-electron chi connectivity index (χ2n) is 11.5. The van der Waals surface area contributed by atoms with E-state index in [0.717, 1.165) is 18.0 Å². The lowest BCUT2D eigenvalue weighted by Crippen LogP contribution is -2.30. The SMILES string of the molecule is CC1CCC(n2cnc(CC(CCCCC(=O)OC(C)(C)C)C(=O)OC(C)(C)C)c2)CC1. The number of esters is 2. The summed E-state index contributed by atoms with van der Waals surface area (Å²) in [4.78, 5) is 29.4. The Labute approximate surface area is 194 Å². The number of hydrogen-bond donors (Lipinski definition) is 0. The van der Waals surface area contributed by atoms with Crippen molar-refractivity contribution in [2.45, 2.75) is 123 Å². The third-order valence-corrected chi connectivity index (χ3v) is 5.86. The smallest absolute Gasteiger partial charge is 0.309 e. The highest BCUT2D eigenvalue weighted by Crippen LogP contribution is 2.32. The highest BCUT2D eigenvalue weighted by molar-refractivity contribution is 5.73. The first-order chi connectivity index (χ1) is 14.8. The van der Waals surface area contributed by atoms with E-state index in [2.05, 4.69) is 22.7 Å². The van der Waals surface area contributed by atoms with Crippen LogP contribution in [-0.2, 0) is 25.5 Å². The molecule has 6 heteroatoms. The maximum absolute atomic E-state index is 12.9. The number of nitrogens with zero attached hydrogens (tertiary/aromatic N) is 2. The van der Waals surface area contributed by atoms with Crippen LogP contribution in [0.25, 0.3) is 0 Å². The quantitative estimate of drug-likeness (QED) is 0.340. The molecule has 182 valence electrons. The largest absolute Gasteiger partial charge is 0.460 e. The maximum atomic E-state index is 12.9. The molecular weight excluding hydrogens is 404 g/mol. The van der Waals surface area contributed by atoms with E-state index >= 15 is 0 Å². The predicted molar refractivity (Wildman–Crippen MR) is 126 cm³/mol. The molecule has 1 fully saturated rings. The van der Waals surface area contributed by atoms with E-state index in [1.165, 1.54) is 25.7 Å². The lowest BCUT2D eigenvalue weighted by atomic mass is 9.87. The van der Waals surface area contributed by atoms with Gasteiger partial charge in [0.05, 0.1) is 17.9 Å². The minimum absolute atomic E-state index is 0.184. The molecule has 0 N–H and O–H groups in total. The Morgan fingerprint density at radius 1 is 1.03 bits per heavy atom. The summed E-state index contributed by atoms with van der Waals surface area (Å²) in [6.45, 7) is 13.6. The van der Waals surface area contributed by atoms with Crippen LogP contribution in [-0.4, -0.2) is 32.7 Å². The topological polar surface area (TPSA) is 70.4 Å². The Kier molecular flexibility index (Phi) is 9.35. The van der Waals surface area contributed by atoms with Crippen LogP contribution in [0.5, 0.6) is 0 Å². The van der Waals surface area contributed by atoms with E-state index in [9.17, 15) is 9.59 Å². The van der Waals surface area contributed by atoms with E-state index in [4.69, 9.17) is 9.47 Å². The normalized spacial score (nSPS) is 20.6. The highest BCUT2D eigenvalue weighted by atomic mass is 16.6. The van der Waals surface area contributed by atoms with Crippen molar-refractivity contribution in [3.8, 4) is 0 Å². The van der Waals surface area contributed by atoms with Gasteiger partial charge in [-0.1, -0.05) is 13.3 Å². The fourth-order valence-corrected chi connectivity index (χ4v) is 4.22. The summed E-state index contributed by atoms with van der Waals surface area (Å²) in [7, 11) is 0. The van der Waals surface area contributed by atoms with Crippen molar-refractivity contribution in [2.24, 2.45) is 11.8 Å². The van der Waals surface area contributed by atoms with Crippen LogP contribution in [0.3, 0.4) is 0 Å². The molecule has 0 aromatic carbocycles. The summed E-state index contributed by atoms with van der Waals surface area (Å²) in [6.07, 6.45) is 12.0. The zero-order valence-corrected chi connectivity index (χ0v) is 21.3. The van der Waals surface area contributed by atoms with E-state index in [1.54, 1.807) is 0 Å². The Morgan fingerprint density at radius 2 is 1.66 bits per heavy atom. The maximum Gasteiger partial charge on any atom is 0.309 e. The molecule has 1 saturated carbocycles. The third-order valence-electron chi connectivity index (χ3n) is 5.86. The number of carbonyl (C=O) groups excluding carboxylic acids is 2. The fourth-order valence-electron chi connectivity index (χ4n) is 4.22. The van der Waals surface area contributed by atoms with Gasteiger partial charge < -0.3 is 14.0 Å². The number of unbranched alkanes of at least 4 members (excludes halogenated alkanes) is 1. The highest BCUT2D eigenvalue weighted by Gasteiger charge is 2.27. The summed E-state index contributed by atoms with van der Waals surface area (Å²) in [5.74, 6) is 0.178. The average Bonchev–Trinajstić information content (AvgIpc) is 3.10. The first-order valence-electron chi connectivity index (χ1n) is 12.3. The summed E-state index contributed by atoms with van der Waals surface area (Å²) in [5, 5.41) is 0. The van der Waals surface area contributed by atoms with E-state index in [0.29, 0.717) is 31.7 Å². The second kappa shape index (κ2) is 11.3. The first-order valence-corrected chi connectivity index (χ1v) is 12.3. The molecule has 0 aliphatic heterocycles.